The van der Waals surface area contributed by atoms with E-state index in [1.807, 2.05) is 0 Å². The van der Waals surface area contributed by atoms with Crippen LogP contribution >= 0.6 is 0 Å². The second-order valence-corrected chi connectivity index (χ2v) is 7.50. The second kappa shape index (κ2) is 6.83. The van der Waals surface area contributed by atoms with Gasteiger partial charge in [0.05, 0.1) is 17.9 Å². The van der Waals surface area contributed by atoms with Gasteiger partial charge in [0.2, 0.25) is 10.0 Å². The molecule has 5 nitrogen and oxygen atoms in total. The quantitative estimate of drug-likeness (QED) is 0.885. The Kier molecular flexibility index (Phi) is 5.32. The molecule has 1 fully saturated rings. The van der Waals surface area contributed by atoms with Crippen LogP contribution < -0.4 is 5.32 Å². The topological polar surface area (TPSA) is 58.6 Å². The van der Waals surface area contributed by atoms with Crippen LogP contribution in [-0.2, 0) is 14.8 Å². The number of nitrogens with one attached hydrogen (secondary N) is 1. The molecule has 0 aliphatic carbocycles. The summed E-state index contributed by atoms with van der Waals surface area (Å²) >= 11 is 0. The maximum absolute atomic E-state index is 13.4. The minimum atomic E-state index is -3.49. The summed E-state index contributed by atoms with van der Waals surface area (Å²) in [7, 11) is -2.01. The molecule has 1 aliphatic rings. The Morgan fingerprint density at radius 3 is 2.95 bits per heavy atom. The van der Waals surface area contributed by atoms with Gasteiger partial charge in [-0.1, -0.05) is 12.1 Å². The molecular weight excluding hydrogens is 295 g/mol. The first-order chi connectivity index (χ1) is 9.96. The van der Waals surface area contributed by atoms with Crippen molar-refractivity contribution in [2.45, 2.75) is 18.2 Å². The largest absolute Gasteiger partial charge is 0.383 e. The van der Waals surface area contributed by atoms with Crippen molar-refractivity contribution in [3.8, 4) is 0 Å². The standard InChI is InChI=1S/C14H21FN2O3S/c1-11(10-20-2)21(18,19)17-7-6-16-9-14(17)12-4-3-5-13(15)8-12/h3-5,8,11,14,16H,6-7,9-10H2,1-2H3. The van der Waals surface area contributed by atoms with E-state index in [0.717, 1.165) is 0 Å². The Bertz CT molecular complexity index is 579. The van der Waals surface area contributed by atoms with Crippen LogP contribution in [0, 0.1) is 5.82 Å². The van der Waals surface area contributed by atoms with E-state index in [4.69, 9.17) is 4.74 Å². The van der Waals surface area contributed by atoms with Gasteiger partial charge in [0.1, 0.15) is 5.82 Å². The number of rotatable bonds is 5. The summed E-state index contributed by atoms with van der Waals surface area (Å²) in [4.78, 5) is 0. The Morgan fingerprint density at radius 1 is 1.52 bits per heavy atom. The van der Waals surface area contributed by atoms with Gasteiger partial charge in [0.15, 0.2) is 0 Å². The molecule has 118 valence electrons. The minimum Gasteiger partial charge on any atom is -0.383 e. The molecule has 0 amide bonds. The summed E-state index contributed by atoms with van der Waals surface area (Å²) in [5, 5.41) is 2.54. The van der Waals surface area contributed by atoms with Gasteiger partial charge in [-0.2, -0.15) is 4.31 Å². The van der Waals surface area contributed by atoms with E-state index in [2.05, 4.69) is 5.32 Å². The molecule has 21 heavy (non-hydrogen) atoms. The van der Waals surface area contributed by atoms with Crippen molar-refractivity contribution < 1.29 is 17.5 Å². The summed E-state index contributed by atoms with van der Waals surface area (Å²) < 4.78 is 45.2. The summed E-state index contributed by atoms with van der Waals surface area (Å²) in [6.45, 7) is 3.20. The first-order valence-electron chi connectivity index (χ1n) is 6.92. The number of halogens is 1. The molecule has 1 heterocycles. The molecule has 0 bridgehead atoms. The Hall–Kier alpha value is -1.02. The summed E-state index contributed by atoms with van der Waals surface area (Å²) in [5.74, 6) is -0.361. The molecule has 1 N–H and O–H groups in total. The number of piperazine rings is 1. The average molecular weight is 316 g/mol. The summed E-state index contributed by atoms with van der Waals surface area (Å²) in [5.41, 5.74) is 0.662. The third-order valence-electron chi connectivity index (χ3n) is 3.66. The van der Waals surface area contributed by atoms with Gasteiger partial charge in [-0.3, -0.25) is 0 Å². The molecule has 1 saturated heterocycles. The number of hydrogen-bond donors (Lipinski definition) is 1. The predicted octanol–water partition coefficient (Wildman–Crippen LogP) is 1.14. The Morgan fingerprint density at radius 2 is 2.29 bits per heavy atom. The number of nitrogens with zero attached hydrogens (tertiary/aromatic N) is 1. The normalized spacial score (nSPS) is 22.1. The monoisotopic (exact) mass is 316 g/mol. The van der Waals surface area contributed by atoms with Crippen LogP contribution in [0.5, 0.6) is 0 Å². The van der Waals surface area contributed by atoms with Crippen LogP contribution in [0.4, 0.5) is 4.39 Å². The van der Waals surface area contributed by atoms with Crippen LogP contribution in [0.1, 0.15) is 18.5 Å². The first kappa shape index (κ1) is 16.4. The van der Waals surface area contributed by atoms with Gasteiger partial charge < -0.3 is 10.1 Å². The Labute approximate surface area is 125 Å². The van der Waals surface area contributed by atoms with Gasteiger partial charge in [-0.25, -0.2) is 12.8 Å². The van der Waals surface area contributed by atoms with Gasteiger partial charge in [0.25, 0.3) is 0 Å². The van der Waals surface area contributed by atoms with E-state index < -0.39 is 21.3 Å². The molecule has 2 rings (SSSR count). The summed E-state index contributed by atoms with van der Waals surface area (Å²) in [6, 6.07) is 5.71. The molecule has 2 atom stereocenters. The third kappa shape index (κ3) is 3.60. The van der Waals surface area contributed by atoms with Crippen molar-refractivity contribution in [3.05, 3.63) is 35.6 Å². The van der Waals surface area contributed by atoms with Gasteiger partial charge >= 0.3 is 0 Å². The molecule has 0 aromatic heterocycles. The molecular formula is C14H21FN2O3S. The minimum absolute atomic E-state index is 0.141. The van der Waals surface area contributed by atoms with Crippen LogP contribution in [0.2, 0.25) is 0 Å². The SMILES string of the molecule is COCC(C)S(=O)(=O)N1CCNCC1c1cccc(F)c1. The molecule has 0 spiro atoms. The Balaban J connectivity index is 2.31. The fraction of sp³-hybridized carbons (Fsp3) is 0.571. The van der Waals surface area contributed by atoms with E-state index in [9.17, 15) is 12.8 Å². The van der Waals surface area contributed by atoms with Crippen molar-refractivity contribution >= 4 is 10.0 Å². The fourth-order valence-corrected chi connectivity index (χ4v) is 4.21. The van der Waals surface area contributed by atoms with Crippen molar-refractivity contribution in [1.29, 1.82) is 0 Å². The van der Waals surface area contributed by atoms with E-state index in [-0.39, 0.29) is 12.4 Å². The lowest BCUT2D eigenvalue weighted by molar-refractivity contribution is 0.194. The molecule has 1 aromatic rings. The van der Waals surface area contributed by atoms with Crippen LogP contribution in [-0.4, -0.2) is 51.3 Å². The molecule has 7 heteroatoms. The lowest BCUT2D eigenvalue weighted by Gasteiger charge is -2.37. The van der Waals surface area contributed by atoms with Crippen molar-refractivity contribution in [2.24, 2.45) is 0 Å². The predicted molar refractivity (Wildman–Crippen MR) is 79.0 cm³/mol. The number of ether oxygens (including phenoxy) is 1. The molecule has 1 aliphatic heterocycles. The summed E-state index contributed by atoms with van der Waals surface area (Å²) in [6.07, 6.45) is 0. The maximum atomic E-state index is 13.4. The van der Waals surface area contributed by atoms with Crippen molar-refractivity contribution in [2.75, 3.05) is 33.4 Å². The van der Waals surface area contributed by atoms with Gasteiger partial charge in [-0.05, 0) is 24.6 Å². The first-order valence-corrected chi connectivity index (χ1v) is 8.43. The highest BCUT2D eigenvalue weighted by atomic mass is 32.2. The molecule has 0 radical (unpaired) electrons. The number of hydrogen-bond acceptors (Lipinski definition) is 4. The molecule has 1 aromatic carbocycles. The maximum Gasteiger partial charge on any atom is 0.219 e. The molecule has 2 unspecified atom stereocenters. The average Bonchev–Trinajstić information content (AvgIpc) is 2.47. The third-order valence-corrected chi connectivity index (χ3v) is 5.91. The fourth-order valence-electron chi connectivity index (χ4n) is 2.54. The highest BCUT2D eigenvalue weighted by molar-refractivity contribution is 7.89. The van der Waals surface area contributed by atoms with Crippen LogP contribution in [0.25, 0.3) is 0 Å². The zero-order valence-electron chi connectivity index (χ0n) is 12.3. The highest BCUT2D eigenvalue weighted by Crippen LogP contribution is 2.27. The van der Waals surface area contributed by atoms with Crippen molar-refractivity contribution in [3.63, 3.8) is 0 Å². The van der Waals surface area contributed by atoms with Gasteiger partial charge in [0, 0.05) is 26.7 Å². The lowest BCUT2D eigenvalue weighted by Crippen LogP contribution is -2.51. The van der Waals surface area contributed by atoms with E-state index in [1.165, 1.54) is 23.5 Å². The van der Waals surface area contributed by atoms with Crippen molar-refractivity contribution in [1.82, 2.24) is 9.62 Å². The van der Waals surface area contributed by atoms with E-state index in [0.29, 0.717) is 25.2 Å². The number of sulfonamides is 1. The van der Waals surface area contributed by atoms with E-state index >= 15 is 0 Å². The number of benzene rings is 1. The molecule has 0 saturated carbocycles. The van der Waals surface area contributed by atoms with E-state index in [1.54, 1.807) is 19.1 Å². The second-order valence-electron chi connectivity index (χ2n) is 5.20. The van der Waals surface area contributed by atoms with Gasteiger partial charge in [-0.15, -0.1) is 0 Å². The smallest absolute Gasteiger partial charge is 0.219 e. The zero-order chi connectivity index (χ0) is 15.5. The van der Waals surface area contributed by atoms with Crippen LogP contribution in [0.3, 0.4) is 0 Å². The zero-order valence-corrected chi connectivity index (χ0v) is 13.1. The van der Waals surface area contributed by atoms with Crippen LogP contribution in [0.15, 0.2) is 24.3 Å². The number of methoxy groups -OCH3 is 1. The lowest BCUT2D eigenvalue weighted by atomic mass is 10.1. The highest BCUT2D eigenvalue weighted by Gasteiger charge is 2.36.